The molecular formula is C17H21NO4. The summed E-state index contributed by atoms with van der Waals surface area (Å²) >= 11 is 0. The number of esters is 1. The number of carbonyl (C=O) groups excluding carboxylic acids is 1. The third-order valence-electron chi connectivity index (χ3n) is 5.11. The number of benzene rings is 1. The molecule has 2 fully saturated rings. The van der Waals surface area contributed by atoms with E-state index in [-0.39, 0.29) is 12.1 Å². The van der Waals surface area contributed by atoms with Crippen LogP contribution in [0.25, 0.3) is 0 Å². The molecule has 1 aromatic rings. The molecule has 3 aliphatic rings. The first-order chi connectivity index (χ1) is 10.7. The van der Waals surface area contributed by atoms with Crippen LogP contribution >= 0.6 is 0 Å². The van der Waals surface area contributed by atoms with Gasteiger partial charge in [0.25, 0.3) is 0 Å². The summed E-state index contributed by atoms with van der Waals surface area (Å²) in [6, 6.07) is 6.39. The van der Waals surface area contributed by atoms with Gasteiger partial charge >= 0.3 is 5.97 Å². The Labute approximate surface area is 130 Å². The Balaban J connectivity index is 1.44. The molecule has 3 atom stereocenters. The van der Waals surface area contributed by atoms with E-state index in [9.17, 15) is 4.79 Å². The quantitative estimate of drug-likeness (QED) is 0.784. The van der Waals surface area contributed by atoms with Gasteiger partial charge in [0, 0.05) is 24.9 Å². The molecule has 3 heterocycles. The van der Waals surface area contributed by atoms with Gasteiger partial charge in [-0.25, -0.2) is 4.79 Å². The maximum absolute atomic E-state index is 12.4. The maximum atomic E-state index is 12.4. The Hall–Kier alpha value is -1.75. The van der Waals surface area contributed by atoms with Crippen LogP contribution in [-0.4, -0.2) is 49.3 Å². The van der Waals surface area contributed by atoms with Crippen LogP contribution in [0, 0.1) is 0 Å². The molecule has 22 heavy (non-hydrogen) atoms. The second kappa shape index (κ2) is 5.47. The summed E-state index contributed by atoms with van der Waals surface area (Å²) in [7, 11) is 2.18. The molecule has 0 unspecified atom stereocenters. The Morgan fingerprint density at radius 3 is 2.55 bits per heavy atom. The Kier molecular flexibility index (Phi) is 3.45. The fourth-order valence-corrected chi connectivity index (χ4v) is 3.85. The topological polar surface area (TPSA) is 48.0 Å². The first-order valence-corrected chi connectivity index (χ1v) is 8.03. The van der Waals surface area contributed by atoms with E-state index in [1.165, 1.54) is 12.8 Å². The van der Waals surface area contributed by atoms with Crippen molar-refractivity contribution in [1.82, 2.24) is 4.90 Å². The van der Waals surface area contributed by atoms with Crippen LogP contribution in [-0.2, 0) is 4.74 Å². The molecule has 2 saturated heterocycles. The van der Waals surface area contributed by atoms with E-state index in [1.54, 1.807) is 18.2 Å². The average molecular weight is 303 g/mol. The van der Waals surface area contributed by atoms with Crippen molar-refractivity contribution in [2.24, 2.45) is 0 Å². The van der Waals surface area contributed by atoms with Crippen molar-refractivity contribution in [3.05, 3.63) is 23.8 Å². The van der Waals surface area contributed by atoms with E-state index in [4.69, 9.17) is 14.2 Å². The number of hydrogen-bond acceptors (Lipinski definition) is 5. The Morgan fingerprint density at radius 1 is 1.14 bits per heavy atom. The van der Waals surface area contributed by atoms with Gasteiger partial charge in [0.1, 0.15) is 19.3 Å². The minimum absolute atomic E-state index is 0.0365. The van der Waals surface area contributed by atoms with Gasteiger partial charge in [-0.3, -0.25) is 0 Å². The summed E-state index contributed by atoms with van der Waals surface area (Å²) in [6.07, 6.45) is 4.37. The molecular weight excluding hydrogens is 282 g/mol. The molecule has 0 spiro atoms. The number of rotatable bonds is 2. The first-order valence-electron chi connectivity index (χ1n) is 8.03. The molecule has 0 saturated carbocycles. The highest BCUT2D eigenvalue weighted by molar-refractivity contribution is 5.90. The number of piperidine rings is 1. The molecule has 0 amide bonds. The monoisotopic (exact) mass is 303 g/mol. The Bertz CT molecular complexity index is 574. The lowest BCUT2D eigenvalue weighted by Crippen LogP contribution is -2.43. The third-order valence-corrected chi connectivity index (χ3v) is 5.11. The standard InChI is InChI=1S/C17H21NO4/c1-18-12-3-4-13(18)10-14(9-12)22-17(19)11-2-5-15-16(8-11)21-7-6-20-15/h2,5,8,12-14H,3-4,6-7,9-10H2,1H3/t12-,13+,14+. The summed E-state index contributed by atoms with van der Waals surface area (Å²) < 4.78 is 16.7. The van der Waals surface area contributed by atoms with Gasteiger partial charge in [-0.1, -0.05) is 0 Å². The highest BCUT2D eigenvalue weighted by Crippen LogP contribution is 2.36. The predicted molar refractivity (Wildman–Crippen MR) is 80.4 cm³/mol. The van der Waals surface area contributed by atoms with Crippen LogP contribution in [0.1, 0.15) is 36.0 Å². The summed E-state index contributed by atoms with van der Waals surface area (Å²) in [5, 5.41) is 0. The van der Waals surface area contributed by atoms with E-state index in [1.807, 2.05) is 0 Å². The highest BCUT2D eigenvalue weighted by atomic mass is 16.6. The largest absolute Gasteiger partial charge is 0.486 e. The van der Waals surface area contributed by atoms with E-state index in [0.717, 1.165) is 12.8 Å². The van der Waals surface area contributed by atoms with Crippen molar-refractivity contribution in [2.75, 3.05) is 20.3 Å². The lowest BCUT2D eigenvalue weighted by molar-refractivity contribution is -0.000505. The van der Waals surface area contributed by atoms with Gasteiger partial charge in [0.15, 0.2) is 11.5 Å². The van der Waals surface area contributed by atoms with E-state index in [0.29, 0.717) is 42.4 Å². The van der Waals surface area contributed by atoms with Crippen molar-refractivity contribution in [1.29, 1.82) is 0 Å². The van der Waals surface area contributed by atoms with Gasteiger partial charge in [-0.15, -0.1) is 0 Å². The van der Waals surface area contributed by atoms with Gasteiger partial charge in [-0.2, -0.15) is 0 Å². The third kappa shape index (κ3) is 2.43. The van der Waals surface area contributed by atoms with E-state index >= 15 is 0 Å². The summed E-state index contributed by atoms with van der Waals surface area (Å²) in [6.45, 7) is 1.07. The predicted octanol–water partition coefficient (Wildman–Crippen LogP) is 2.24. The molecule has 4 rings (SSSR count). The molecule has 0 aliphatic carbocycles. The molecule has 5 nitrogen and oxygen atoms in total. The minimum atomic E-state index is -0.258. The van der Waals surface area contributed by atoms with Crippen LogP contribution in [0.15, 0.2) is 18.2 Å². The van der Waals surface area contributed by atoms with Crippen molar-refractivity contribution in [3.63, 3.8) is 0 Å². The van der Waals surface area contributed by atoms with Gasteiger partial charge in [-0.05, 0) is 38.1 Å². The Morgan fingerprint density at radius 2 is 1.82 bits per heavy atom. The molecule has 1 aromatic carbocycles. The summed E-state index contributed by atoms with van der Waals surface area (Å²) in [5.74, 6) is 1.07. The van der Waals surface area contributed by atoms with Crippen molar-refractivity contribution in [2.45, 2.75) is 43.9 Å². The molecule has 3 aliphatic heterocycles. The zero-order valence-electron chi connectivity index (χ0n) is 12.8. The van der Waals surface area contributed by atoms with Gasteiger partial charge < -0.3 is 19.1 Å². The molecule has 0 radical (unpaired) electrons. The number of ether oxygens (including phenoxy) is 3. The molecule has 118 valence electrons. The minimum Gasteiger partial charge on any atom is -0.486 e. The summed E-state index contributed by atoms with van der Waals surface area (Å²) in [4.78, 5) is 14.8. The van der Waals surface area contributed by atoms with Crippen LogP contribution in [0.5, 0.6) is 11.5 Å². The SMILES string of the molecule is CN1[C@@H]2CC[C@H]1C[C@@H](OC(=O)c1ccc3c(c1)OCCO3)C2. The highest BCUT2D eigenvalue weighted by Gasteiger charge is 2.39. The number of fused-ring (bicyclic) bond motifs is 3. The number of carbonyl (C=O) groups is 1. The van der Waals surface area contributed by atoms with Crippen LogP contribution < -0.4 is 9.47 Å². The van der Waals surface area contributed by atoms with Crippen molar-refractivity contribution < 1.29 is 19.0 Å². The zero-order chi connectivity index (χ0) is 15.1. The lowest BCUT2D eigenvalue weighted by atomic mass is 10.0. The van der Waals surface area contributed by atoms with Crippen molar-refractivity contribution >= 4 is 5.97 Å². The first kappa shape index (κ1) is 13.9. The number of nitrogens with zero attached hydrogens (tertiary/aromatic N) is 1. The van der Waals surface area contributed by atoms with E-state index < -0.39 is 0 Å². The smallest absolute Gasteiger partial charge is 0.338 e. The maximum Gasteiger partial charge on any atom is 0.338 e. The lowest BCUT2D eigenvalue weighted by Gasteiger charge is -2.35. The van der Waals surface area contributed by atoms with Crippen molar-refractivity contribution in [3.8, 4) is 11.5 Å². The zero-order valence-corrected chi connectivity index (χ0v) is 12.8. The van der Waals surface area contributed by atoms with Crippen LogP contribution in [0.2, 0.25) is 0 Å². The van der Waals surface area contributed by atoms with Gasteiger partial charge in [0.2, 0.25) is 0 Å². The molecule has 0 aromatic heterocycles. The van der Waals surface area contributed by atoms with E-state index in [2.05, 4.69) is 11.9 Å². The normalized spacial score (nSPS) is 30.1. The second-order valence-corrected chi connectivity index (χ2v) is 6.41. The van der Waals surface area contributed by atoms with Gasteiger partial charge in [0.05, 0.1) is 5.56 Å². The average Bonchev–Trinajstić information content (AvgIpc) is 2.75. The second-order valence-electron chi connectivity index (χ2n) is 6.41. The summed E-state index contributed by atoms with van der Waals surface area (Å²) in [5.41, 5.74) is 0.538. The molecule has 5 heteroatoms. The molecule has 0 N–H and O–H groups in total. The number of hydrogen-bond donors (Lipinski definition) is 0. The van der Waals surface area contributed by atoms with Crippen LogP contribution in [0.3, 0.4) is 0 Å². The fraction of sp³-hybridized carbons (Fsp3) is 0.588. The fourth-order valence-electron chi connectivity index (χ4n) is 3.85. The van der Waals surface area contributed by atoms with Crippen LogP contribution in [0.4, 0.5) is 0 Å². The molecule has 2 bridgehead atoms.